The smallest absolute Gasteiger partial charge is 0.224 e. The van der Waals surface area contributed by atoms with E-state index in [1.54, 1.807) is 13.3 Å². The Balaban J connectivity index is 1.63. The second kappa shape index (κ2) is 7.63. The molecule has 1 aliphatic heterocycles. The molecule has 0 spiro atoms. The lowest BCUT2D eigenvalue weighted by atomic mass is 10.2. The maximum atomic E-state index is 5.68. The van der Waals surface area contributed by atoms with E-state index in [-0.39, 0.29) is 12.1 Å². The number of aryl methyl sites for hydroxylation is 1. The van der Waals surface area contributed by atoms with Crippen LogP contribution in [0.15, 0.2) is 30.7 Å². The lowest BCUT2D eigenvalue weighted by Gasteiger charge is -2.18. The quantitative estimate of drug-likeness (QED) is 0.798. The summed E-state index contributed by atoms with van der Waals surface area (Å²) in [4.78, 5) is 10.9. The normalized spacial score (nSPS) is 20.5. The van der Waals surface area contributed by atoms with Crippen molar-refractivity contribution in [1.29, 1.82) is 0 Å². The van der Waals surface area contributed by atoms with Gasteiger partial charge in [0.25, 0.3) is 0 Å². The zero-order chi connectivity index (χ0) is 16.9. The fraction of sp³-hybridized carbons (Fsp3) is 0.529. The van der Waals surface area contributed by atoms with Crippen LogP contribution in [0.5, 0.6) is 0 Å². The monoisotopic (exact) mass is 330 g/mol. The minimum atomic E-state index is 0.145. The Morgan fingerprint density at radius 1 is 1.33 bits per heavy atom. The molecule has 0 unspecified atom stereocenters. The maximum absolute atomic E-state index is 5.68. The third-order valence-corrected chi connectivity index (χ3v) is 4.50. The van der Waals surface area contributed by atoms with Crippen molar-refractivity contribution in [3.05, 3.63) is 36.3 Å². The standard InChI is InChI=1S/C17H26N6O/c1-4-22-8-6-13(10-22)9-20-14-11-23(12-15(14)24-3)16-5-7-19-17(18-2)21-16/h5-8,10,14-15,20H,4,9,11-12H2,1-3H3,(H,18,19,21)/t14-,15+/m1/s1. The molecular weight excluding hydrogens is 304 g/mol. The number of ether oxygens (including phenoxy) is 1. The third-order valence-electron chi connectivity index (χ3n) is 4.50. The Kier molecular flexibility index (Phi) is 5.32. The van der Waals surface area contributed by atoms with Crippen LogP contribution in [0.25, 0.3) is 0 Å². The molecule has 0 saturated carbocycles. The van der Waals surface area contributed by atoms with E-state index in [0.717, 1.165) is 32.0 Å². The minimum Gasteiger partial charge on any atom is -0.378 e. The van der Waals surface area contributed by atoms with Gasteiger partial charge in [0, 0.05) is 58.9 Å². The molecule has 7 nitrogen and oxygen atoms in total. The number of aromatic nitrogens is 3. The molecule has 1 aliphatic rings. The van der Waals surface area contributed by atoms with Gasteiger partial charge in [-0.05, 0) is 24.6 Å². The SMILES string of the molecule is CCn1ccc(CN[C@@H]2CN(c3ccnc(NC)n3)C[C@@H]2OC)c1. The molecule has 2 aromatic rings. The molecule has 0 radical (unpaired) electrons. The second-order valence-electron chi connectivity index (χ2n) is 6.01. The van der Waals surface area contributed by atoms with Crippen molar-refractivity contribution in [2.45, 2.75) is 32.2 Å². The third kappa shape index (κ3) is 3.68. The molecule has 0 aromatic carbocycles. The summed E-state index contributed by atoms with van der Waals surface area (Å²) in [5.74, 6) is 1.57. The lowest BCUT2D eigenvalue weighted by molar-refractivity contribution is 0.0967. The fourth-order valence-electron chi connectivity index (χ4n) is 3.08. The highest BCUT2D eigenvalue weighted by molar-refractivity contribution is 5.44. The predicted octanol–water partition coefficient (Wildman–Crippen LogP) is 1.33. The fourth-order valence-corrected chi connectivity index (χ4v) is 3.08. The second-order valence-corrected chi connectivity index (χ2v) is 6.01. The molecule has 3 heterocycles. The van der Waals surface area contributed by atoms with Crippen molar-refractivity contribution >= 4 is 11.8 Å². The summed E-state index contributed by atoms with van der Waals surface area (Å²) in [6, 6.07) is 4.37. The molecule has 1 saturated heterocycles. The van der Waals surface area contributed by atoms with Crippen molar-refractivity contribution in [2.24, 2.45) is 0 Å². The van der Waals surface area contributed by atoms with Gasteiger partial charge in [-0.1, -0.05) is 0 Å². The number of hydrogen-bond acceptors (Lipinski definition) is 6. The van der Waals surface area contributed by atoms with Crippen LogP contribution in [0.2, 0.25) is 0 Å². The molecule has 2 atom stereocenters. The van der Waals surface area contributed by atoms with Gasteiger partial charge < -0.3 is 24.8 Å². The predicted molar refractivity (Wildman–Crippen MR) is 95.3 cm³/mol. The van der Waals surface area contributed by atoms with E-state index < -0.39 is 0 Å². The summed E-state index contributed by atoms with van der Waals surface area (Å²) < 4.78 is 7.86. The van der Waals surface area contributed by atoms with Gasteiger partial charge in [0.2, 0.25) is 5.95 Å². The molecule has 7 heteroatoms. The first kappa shape index (κ1) is 16.7. The highest BCUT2D eigenvalue weighted by atomic mass is 16.5. The van der Waals surface area contributed by atoms with Gasteiger partial charge in [0.1, 0.15) is 5.82 Å². The van der Waals surface area contributed by atoms with Crippen LogP contribution in [0.3, 0.4) is 0 Å². The number of rotatable bonds is 7. The highest BCUT2D eigenvalue weighted by Gasteiger charge is 2.33. The average molecular weight is 330 g/mol. The Bertz CT molecular complexity index is 658. The average Bonchev–Trinajstić information content (AvgIpc) is 3.26. The Morgan fingerprint density at radius 2 is 2.21 bits per heavy atom. The molecule has 1 fully saturated rings. The van der Waals surface area contributed by atoms with Crippen molar-refractivity contribution in [2.75, 3.05) is 37.5 Å². The van der Waals surface area contributed by atoms with Crippen molar-refractivity contribution in [3.8, 4) is 0 Å². The first-order valence-corrected chi connectivity index (χ1v) is 8.40. The van der Waals surface area contributed by atoms with Gasteiger partial charge in [-0.2, -0.15) is 4.98 Å². The van der Waals surface area contributed by atoms with Crippen LogP contribution in [0.1, 0.15) is 12.5 Å². The molecule has 2 aromatic heterocycles. The zero-order valence-electron chi connectivity index (χ0n) is 14.6. The molecule has 0 bridgehead atoms. The van der Waals surface area contributed by atoms with E-state index in [4.69, 9.17) is 4.74 Å². The number of hydrogen-bond donors (Lipinski definition) is 2. The first-order chi connectivity index (χ1) is 11.7. The number of nitrogens with one attached hydrogen (secondary N) is 2. The molecule has 130 valence electrons. The van der Waals surface area contributed by atoms with Gasteiger partial charge in [0.05, 0.1) is 12.1 Å². The minimum absolute atomic E-state index is 0.145. The van der Waals surface area contributed by atoms with Crippen LogP contribution in [-0.2, 0) is 17.8 Å². The zero-order valence-corrected chi connectivity index (χ0v) is 14.6. The van der Waals surface area contributed by atoms with Crippen LogP contribution >= 0.6 is 0 Å². The van der Waals surface area contributed by atoms with Gasteiger partial charge >= 0.3 is 0 Å². The maximum Gasteiger partial charge on any atom is 0.224 e. The topological polar surface area (TPSA) is 67.2 Å². The van der Waals surface area contributed by atoms with Gasteiger partial charge in [0.15, 0.2) is 0 Å². The van der Waals surface area contributed by atoms with Crippen molar-refractivity contribution in [3.63, 3.8) is 0 Å². The van der Waals surface area contributed by atoms with E-state index in [2.05, 4.69) is 55.5 Å². The molecule has 3 rings (SSSR count). The van der Waals surface area contributed by atoms with Crippen molar-refractivity contribution < 1.29 is 4.74 Å². The number of methoxy groups -OCH3 is 1. The Hall–Kier alpha value is -2.12. The molecule has 24 heavy (non-hydrogen) atoms. The summed E-state index contributed by atoms with van der Waals surface area (Å²) in [7, 11) is 3.60. The number of nitrogens with zero attached hydrogens (tertiary/aromatic N) is 4. The van der Waals surface area contributed by atoms with Crippen LogP contribution in [0.4, 0.5) is 11.8 Å². The van der Waals surface area contributed by atoms with E-state index in [0.29, 0.717) is 5.95 Å². The largest absolute Gasteiger partial charge is 0.378 e. The van der Waals surface area contributed by atoms with Crippen molar-refractivity contribution in [1.82, 2.24) is 19.9 Å². The molecule has 0 aliphatic carbocycles. The van der Waals surface area contributed by atoms with E-state index >= 15 is 0 Å². The van der Waals surface area contributed by atoms with Crippen LogP contribution in [0, 0.1) is 0 Å². The first-order valence-electron chi connectivity index (χ1n) is 8.40. The van der Waals surface area contributed by atoms with Gasteiger partial charge in [-0.25, -0.2) is 4.98 Å². The number of anilines is 2. The summed E-state index contributed by atoms with van der Waals surface area (Å²) in [6.07, 6.45) is 6.23. The summed E-state index contributed by atoms with van der Waals surface area (Å²) in [5, 5.41) is 6.61. The van der Waals surface area contributed by atoms with E-state index in [9.17, 15) is 0 Å². The Labute approximate surface area is 143 Å². The summed E-state index contributed by atoms with van der Waals surface area (Å²) in [6.45, 7) is 5.68. The summed E-state index contributed by atoms with van der Waals surface area (Å²) in [5.41, 5.74) is 1.30. The molecular formula is C17H26N6O. The Morgan fingerprint density at radius 3 is 2.92 bits per heavy atom. The van der Waals surface area contributed by atoms with Crippen LogP contribution in [-0.4, -0.2) is 53.9 Å². The van der Waals surface area contributed by atoms with E-state index in [1.807, 2.05) is 13.1 Å². The van der Waals surface area contributed by atoms with E-state index in [1.165, 1.54) is 5.56 Å². The van der Waals surface area contributed by atoms with Gasteiger partial charge in [-0.15, -0.1) is 0 Å². The molecule has 2 N–H and O–H groups in total. The van der Waals surface area contributed by atoms with Crippen LogP contribution < -0.4 is 15.5 Å². The summed E-state index contributed by atoms with van der Waals surface area (Å²) >= 11 is 0. The highest BCUT2D eigenvalue weighted by Crippen LogP contribution is 2.21. The lowest BCUT2D eigenvalue weighted by Crippen LogP contribution is -2.39. The molecule has 0 amide bonds. The van der Waals surface area contributed by atoms with Gasteiger partial charge in [-0.3, -0.25) is 0 Å².